The molecule has 66 valence electrons. The molecule has 0 aromatic heterocycles. The lowest BCUT2D eigenvalue weighted by atomic mass is 10.1. The number of benzene rings is 1. The second-order valence-corrected chi connectivity index (χ2v) is 3.48. The predicted octanol–water partition coefficient (Wildman–Crippen LogP) is 2.62. The zero-order valence-electron chi connectivity index (χ0n) is 7.12. The van der Waals surface area contributed by atoms with E-state index in [9.17, 15) is 4.39 Å². The molecule has 1 aromatic carbocycles. The predicted molar refractivity (Wildman–Crippen MR) is 51.6 cm³/mol. The van der Waals surface area contributed by atoms with Crippen LogP contribution in [0.3, 0.4) is 0 Å². The summed E-state index contributed by atoms with van der Waals surface area (Å²) in [5, 5.41) is 2.92. The number of aryl methyl sites for hydroxylation is 1. The van der Waals surface area contributed by atoms with Crippen LogP contribution in [0.1, 0.15) is 11.1 Å². The lowest BCUT2D eigenvalue weighted by Crippen LogP contribution is -2.08. The van der Waals surface area contributed by atoms with Crippen LogP contribution in [0.4, 0.5) is 4.39 Å². The van der Waals surface area contributed by atoms with Crippen LogP contribution in [0.15, 0.2) is 16.6 Å². The van der Waals surface area contributed by atoms with Gasteiger partial charge in [0.1, 0.15) is 5.82 Å². The van der Waals surface area contributed by atoms with Crippen molar-refractivity contribution in [2.75, 3.05) is 7.05 Å². The molecule has 0 saturated heterocycles. The number of halogens is 2. The van der Waals surface area contributed by atoms with E-state index in [4.69, 9.17) is 0 Å². The Morgan fingerprint density at radius 2 is 2.17 bits per heavy atom. The molecule has 1 nitrogen and oxygen atoms in total. The third-order valence-electron chi connectivity index (χ3n) is 1.73. The molecule has 0 fully saturated rings. The Labute approximate surface area is 80.1 Å². The van der Waals surface area contributed by atoms with Crippen LogP contribution in [0.2, 0.25) is 0 Å². The highest BCUT2D eigenvalue weighted by atomic mass is 79.9. The molecule has 0 aliphatic rings. The van der Waals surface area contributed by atoms with Gasteiger partial charge in [0.2, 0.25) is 0 Å². The van der Waals surface area contributed by atoms with Gasteiger partial charge >= 0.3 is 0 Å². The Bertz CT molecular complexity index is 286. The Kier molecular flexibility index (Phi) is 3.23. The van der Waals surface area contributed by atoms with Crippen molar-refractivity contribution in [2.24, 2.45) is 0 Å². The summed E-state index contributed by atoms with van der Waals surface area (Å²) in [6.07, 6.45) is 0. The molecule has 0 saturated carbocycles. The van der Waals surface area contributed by atoms with Crippen LogP contribution in [0.25, 0.3) is 0 Å². The Hall–Kier alpha value is -0.410. The Morgan fingerprint density at radius 3 is 2.75 bits per heavy atom. The van der Waals surface area contributed by atoms with E-state index in [1.54, 1.807) is 13.1 Å². The van der Waals surface area contributed by atoms with Gasteiger partial charge in [0.25, 0.3) is 0 Å². The van der Waals surface area contributed by atoms with E-state index in [1.807, 2.05) is 6.92 Å². The number of nitrogens with one attached hydrogen (secondary N) is 1. The molecule has 0 spiro atoms. The van der Waals surface area contributed by atoms with Gasteiger partial charge in [-0.1, -0.05) is 22.0 Å². The zero-order chi connectivity index (χ0) is 9.14. The van der Waals surface area contributed by atoms with Gasteiger partial charge in [0.15, 0.2) is 0 Å². The maximum Gasteiger partial charge on any atom is 0.128 e. The van der Waals surface area contributed by atoms with Gasteiger partial charge < -0.3 is 5.32 Å². The molecule has 0 amide bonds. The number of hydrogen-bond donors (Lipinski definition) is 1. The van der Waals surface area contributed by atoms with Gasteiger partial charge in [0, 0.05) is 16.6 Å². The number of rotatable bonds is 2. The van der Waals surface area contributed by atoms with Crippen LogP contribution in [0.5, 0.6) is 0 Å². The van der Waals surface area contributed by atoms with Crippen LogP contribution < -0.4 is 5.32 Å². The molecule has 1 N–H and O–H groups in total. The van der Waals surface area contributed by atoms with Gasteiger partial charge in [-0.3, -0.25) is 0 Å². The van der Waals surface area contributed by atoms with Gasteiger partial charge in [-0.25, -0.2) is 4.39 Å². The van der Waals surface area contributed by atoms with Crippen LogP contribution in [-0.2, 0) is 6.54 Å². The molecule has 0 aliphatic heterocycles. The topological polar surface area (TPSA) is 12.0 Å². The van der Waals surface area contributed by atoms with E-state index >= 15 is 0 Å². The van der Waals surface area contributed by atoms with Gasteiger partial charge in [-0.2, -0.15) is 0 Å². The SMILES string of the molecule is CNCc1c(F)ccc(C)c1Br. The van der Waals surface area contributed by atoms with E-state index in [0.29, 0.717) is 12.1 Å². The summed E-state index contributed by atoms with van der Waals surface area (Å²) in [6.45, 7) is 2.50. The average molecular weight is 232 g/mol. The summed E-state index contributed by atoms with van der Waals surface area (Å²) in [5.41, 5.74) is 1.75. The molecule has 3 heteroatoms. The van der Waals surface area contributed by atoms with Crippen molar-refractivity contribution in [3.05, 3.63) is 33.5 Å². The first kappa shape index (κ1) is 9.68. The van der Waals surface area contributed by atoms with Crippen LogP contribution in [-0.4, -0.2) is 7.05 Å². The van der Waals surface area contributed by atoms with Crippen molar-refractivity contribution in [3.63, 3.8) is 0 Å². The molecule has 0 bridgehead atoms. The minimum absolute atomic E-state index is 0.165. The van der Waals surface area contributed by atoms with Crippen molar-refractivity contribution in [1.29, 1.82) is 0 Å². The fourth-order valence-corrected chi connectivity index (χ4v) is 1.52. The lowest BCUT2D eigenvalue weighted by Gasteiger charge is -2.07. The smallest absolute Gasteiger partial charge is 0.128 e. The van der Waals surface area contributed by atoms with Gasteiger partial charge in [0.05, 0.1) is 0 Å². The Balaban J connectivity index is 3.14. The highest BCUT2D eigenvalue weighted by Crippen LogP contribution is 2.23. The average Bonchev–Trinajstić information content (AvgIpc) is 2.06. The first-order valence-corrected chi connectivity index (χ1v) is 4.54. The van der Waals surface area contributed by atoms with Gasteiger partial charge in [-0.15, -0.1) is 0 Å². The minimum Gasteiger partial charge on any atom is -0.316 e. The molecule has 0 atom stereocenters. The summed E-state index contributed by atoms with van der Waals surface area (Å²) < 4.78 is 14.0. The van der Waals surface area contributed by atoms with Crippen LogP contribution in [0, 0.1) is 12.7 Å². The van der Waals surface area contributed by atoms with Gasteiger partial charge in [-0.05, 0) is 25.6 Å². The summed E-state index contributed by atoms with van der Waals surface area (Å²) in [6, 6.07) is 3.26. The van der Waals surface area contributed by atoms with E-state index in [1.165, 1.54) is 6.07 Å². The van der Waals surface area contributed by atoms with Crippen molar-refractivity contribution in [2.45, 2.75) is 13.5 Å². The standard InChI is InChI=1S/C9H11BrFN/c1-6-3-4-8(11)7(5-12-2)9(6)10/h3-4,12H,5H2,1-2H3. The molecule has 0 heterocycles. The molecule has 0 aliphatic carbocycles. The van der Waals surface area contributed by atoms with E-state index in [2.05, 4.69) is 21.2 Å². The van der Waals surface area contributed by atoms with E-state index in [0.717, 1.165) is 10.0 Å². The molecular formula is C9H11BrFN. The number of hydrogen-bond acceptors (Lipinski definition) is 1. The first-order valence-electron chi connectivity index (χ1n) is 3.75. The third-order valence-corrected chi connectivity index (χ3v) is 2.84. The lowest BCUT2D eigenvalue weighted by molar-refractivity contribution is 0.598. The quantitative estimate of drug-likeness (QED) is 0.826. The van der Waals surface area contributed by atoms with Crippen molar-refractivity contribution in [1.82, 2.24) is 5.32 Å². The van der Waals surface area contributed by atoms with Crippen molar-refractivity contribution in [3.8, 4) is 0 Å². The summed E-state index contributed by atoms with van der Waals surface area (Å²) >= 11 is 3.35. The van der Waals surface area contributed by atoms with Crippen LogP contribution >= 0.6 is 15.9 Å². The normalized spacial score (nSPS) is 10.3. The van der Waals surface area contributed by atoms with Crippen molar-refractivity contribution >= 4 is 15.9 Å². The second kappa shape index (κ2) is 4.01. The fourth-order valence-electron chi connectivity index (χ4n) is 1.05. The van der Waals surface area contributed by atoms with Crippen molar-refractivity contribution < 1.29 is 4.39 Å². The minimum atomic E-state index is -0.165. The maximum atomic E-state index is 13.1. The summed E-state index contributed by atoms with van der Waals surface area (Å²) in [5.74, 6) is -0.165. The molecule has 0 unspecified atom stereocenters. The highest BCUT2D eigenvalue weighted by molar-refractivity contribution is 9.10. The molecule has 12 heavy (non-hydrogen) atoms. The highest BCUT2D eigenvalue weighted by Gasteiger charge is 2.07. The third kappa shape index (κ3) is 1.84. The summed E-state index contributed by atoms with van der Waals surface area (Å²) in [7, 11) is 1.80. The van der Waals surface area contributed by atoms with E-state index < -0.39 is 0 Å². The first-order chi connectivity index (χ1) is 5.66. The molecular weight excluding hydrogens is 221 g/mol. The molecule has 1 rings (SSSR count). The molecule has 0 radical (unpaired) electrons. The second-order valence-electron chi connectivity index (χ2n) is 2.69. The van der Waals surface area contributed by atoms with E-state index in [-0.39, 0.29) is 5.82 Å². The fraction of sp³-hybridized carbons (Fsp3) is 0.333. The Morgan fingerprint density at radius 1 is 1.50 bits per heavy atom. The molecule has 1 aromatic rings. The maximum absolute atomic E-state index is 13.1. The monoisotopic (exact) mass is 231 g/mol. The zero-order valence-corrected chi connectivity index (χ0v) is 8.70. The largest absolute Gasteiger partial charge is 0.316 e. The summed E-state index contributed by atoms with van der Waals surface area (Å²) in [4.78, 5) is 0.